The molecule has 0 aliphatic heterocycles. The molecule has 1 heterocycles. The van der Waals surface area contributed by atoms with E-state index in [-0.39, 0.29) is 11.7 Å². The molecule has 0 aliphatic rings. The van der Waals surface area contributed by atoms with Crippen LogP contribution in [0, 0.1) is 32.1 Å². The fourth-order valence-corrected chi connectivity index (χ4v) is 3.36. The Kier molecular flexibility index (Phi) is 5.24. The Labute approximate surface area is 157 Å². The molecule has 1 aromatic heterocycles. The van der Waals surface area contributed by atoms with Gasteiger partial charge in [-0.1, -0.05) is 30.0 Å². The molecule has 130 valence electrons. The van der Waals surface area contributed by atoms with Crippen molar-refractivity contribution in [2.24, 2.45) is 0 Å². The van der Waals surface area contributed by atoms with Crippen LogP contribution >= 0.6 is 11.8 Å². The van der Waals surface area contributed by atoms with Gasteiger partial charge >= 0.3 is 0 Å². The lowest BCUT2D eigenvalue weighted by Gasteiger charge is -2.09. The largest absolute Gasteiger partial charge is 0.325 e. The summed E-state index contributed by atoms with van der Waals surface area (Å²) in [5, 5.41) is 13.8. The molecule has 1 N–H and O–H groups in total. The van der Waals surface area contributed by atoms with Gasteiger partial charge in [0.25, 0.3) is 0 Å². The lowest BCUT2D eigenvalue weighted by Crippen LogP contribution is -2.14. The molecule has 0 atom stereocenters. The fraction of sp³-hybridized carbons (Fsp3) is 0.190. The van der Waals surface area contributed by atoms with Gasteiger partial charge in [0, 0.05) is 11.1 Å². The summed E-state index contributed by atoms with van der Waals surface area (Å²) in [6, 6.07) is 15.8. The van der Waals surface area contributed by atoms with Crippen molar-refractivity contribution in [3.63, 3.8) is 0 Å². The van der Waals surface area contributed by atoms with Crippen molar-refractivity contribution in [1.29, 1.82) is 5.26 Å². The van der Waals surface area contributed by atoms with Gasteiger partial charge in [-0.05, 0) is 61.7 Å². The molecule has 4 nitrogen and oxygen atoms in total. The zero-order chi connectivity index (χ0) is 18.7. The number of fused-ring (bicyclic) bond motifs is 1. The van der Waals surface area contributed by atoms with Crippen LogP contribution in [-0.4, -0.2) is 16.6 Å². The minimum atomic E-state index is -0.117. The summed E-state index contributed by atoms with van der Waals surface area (Å²) in [4.78, 5) is 16.8. The zero-order valence-electron chi connectivity index (χ0n) is 15.0. The smallest absolute Gasteiger partial charge is 0.234 e. The third-order valence-corrected chi connectivity index (χ3v) is 5.18. The molecule has 0 radical (unpaired) electrons. The van der Waals surface area contributed by atoms with Crippen molar-refractivity contribution in [2.75, 3.05) is 11.1 Å². The second kappa shape index (κ2) is 7.59. The second-order valence-electron chi connectivity index (χ2n) is 6.28. The molecule has 0 unspecified atom stereocenters. The van der Waals surface area contributed by atoms with Crippen molar-refractivity contribution in [2.45, 2.75) is 25.8 Å². The molecule has 3 rings (SSSR count). The van der Waals surface area contributed by atoms with Gasteiger partial charge in [0.1, 0.15) is 11.1 Å². The van der Waals surface area contributed by atoms with Crippen LogP contribution in [0.4, 0.5) is 5.69 Å². The van der Waals surface area contributed by atoms with Gasteiger partial charge < -0.3 is 5.32 Å². The summed E-state index contributed by atoms with van der Waals surface area (Å²) in [5.41, 5.74) is 5.53. The van der Waals surface area contributed by atoms with Crippen LogP contribution in [0.1, 0.15) is 22.3 Å². The number of hydrogen-bond acceptors (Lipinski definition) is 4. The van der Waals surface area contributed by atoms with E-state index in [2.05, 4.69) is 16.4 Å². The first-order chi connectivity index (χ1) is 12.5. The Bertz CT molecular complexity index is 1040. The van der Waals surface area contributed by atoms with Crippen molar-refractivity contribution < 1.29 is 4.79 Å². The Morgan fingerprint density at radius 1 is 1.12 bits per heavy atom. The minimum absolute atomic E-state index is 0.117. The quantitative estimate of drug-likeness (QED) is 0.680. The van der Waals surface area contributed by atoms with Crippen molar-refractivity contribution in [1.82, 2.24) is 4.98 Å². The number of aryl methyl sites for hydroxylation is 3. The van der Waals surface area contributed by atoms with Crippen LogP contribution in [0.25, 0.3) is 10.9 Å². The van der Waals surface area contributed by atoms with Crippen LogP contribution in [0.5, 0.6) is 0 Å². The van der Waals surface area contributed by atoms with E-state index in [0.717, 1.165) is 27.7 Å². The highest BCUT2D eigenvalue weighted by Crippen LogP contribution is 2.25. The molecule has 0 saturated heterocycles. The van der Waals surface area contributed by atoms with Crippen LogP contribution in [0.2, 0.25) is 0 Å². The average Bonchev–Trinajstić information content (AvgIpc) is 2.62. The molecular weight excluding hydrogens is 342 g/mol. The maximum Gasteiger partial charge on any atom is 0.234 e. The number of hydrogen-bond donors (Lipinski definition) is 1. The molecule has 3 aromatic rings. The van der Waals surface area contributed by atoms with Crippen LogP contribution in [0.15, 0.2) is 47.5 Å². The van der Waals surface area contributed by atoms with E-state index in [0.29, 0.717) is 10.6 Å². The standard InChI is InChI=1S/C21H19N3OS/c1-13-4-6-16-10-17(11-22)21(24-19(16)8-13)26-12-20(25)23-18-7-5-14(2)15(3)9-18/h4-10H,12H2,1-3H3,(H,23,25). The third-order valence-electron chi connectivity index (χ3n) is 4.19. The SMILES string of the molecule is Cc1ccc2cc(C#N)c(SCC(=O)Nc3ccc(C)c(C)c3)nc2c1. The molecule has 0 saturated carbocycles. The molecule has 2 aromatic carbocycles. The molecule has 26 heavy (non-hydrogen) atoms. The van der Waals surface area contributed by atoms with Gasteiger partial charge in [-0.15, -0.1) is 0 Å². The highest BCUT2D eigenvalue weighted by Gasteiger charge is 2.11. The first-order valence-corrected chi connectivity index (χ1v) is 9.26. The molecule has 0 spiro atoms. The van der Waals surface area contributed by atoms with Crippen LogP contribution in [-0.2, 0) is 4.79 Å². The number of nitrogens with zero attached hydrogens (tertiary/aromatic N) is 2. The lowest BCUT2D eigenvalue weighted by atomic mass is 10.1. The number of anilines is 1. The molecule has 5 heteroatoms. The van der Waals surface area contributed by atoms with E-state index in [1.165, 1.54) is 17.3 Å². The Morgan fingerprint density at radius 2 is 1.92 bits per heavy atom. The van der Waals surface area contributed by atoms with Crippen LogP contribution < -0.4 is 5.32 Å². The molecule has 0 fully saturated rings. The fourth-order valence-electron chi connectivity index (χ4n) is 2.60. The predicted octanol–water partition coefficient (Wildman–Crippen LogP) is 4.76. The average molecular weight is 361 g/mol. The Balaban J connectivity index is 1.75. The summed E-state index contributed by atoms with van der Waals surface area (Å²) in [5.74, 6) is 0.0830. The van der Waals surface area contributed by atoms with E-state index in [9.17, 15) is 10.1 Å². The van der Waals surface area contributed by atoms with Gasteiger partial charge in [-0.25, -0.2) is 4.98 Å². The topological polar surface area (TPSA) is 65.8 Å². The molecular formula is C21H19N3OS. The minimum Gasteiger partial charge on any atom is -0.325 e. The normalized spacial score (nSPS) is 10.5. The Morgan fingerprint density at radius 3 is 2.65 bits per heavy atom. The third kappa shape index (κ3) is 4.04. The lowest BCUT2D eigenvalue weighted by molar-refractivity contribution is -0.113. The van der Waals surface area contributed by atoms with Crippen molar-refractivity contribution in [3.05, 3.63) is 64.7 Å². The van der Waals surface area contributed by atoms with E-state index in [1.54, 1.807) is 0 Å². The number of amides is 1. The molecule has 1 amide bonds. The highest BCUT2D eigenvalue weighted by atomic mass is 32.2. The zero-order valence-corrected chi connectivity index (χ0v) is 15.8. The summed E-state index contributed by atoms with van der Waals surface area (Å²) < 4.78 is 0. The van der Waals surface area contributed by atoms with Gasteiger partial charge in [-0.2, -0.15) is 5.26 Å². The number of rotatable bonds is 4. The molecule has 0 bridgehead atoms. The number of thioether (sulfide) groups is 1. The van der Waals surface area contributed by atoms with Gasteiger partial charge in [0.2, 0.25) is 5.91 Å². The number of carbonyl (C=O) groups is 1. The number of aromatic nitrogens is 1. The summed E-state index contributed by atoms with van der Waals surface area (Å²) >= 11 is 1.28. The second-order valence-corrected chi connectivity index (χ2v) is 7.25. The van der Waals surface area contributed by atoms with E-state index in [4.69, 9.17) is 0 Å². The van der Waals surface area contributed by atoms with Gasteiger partial charge in [-0.3, -0.25) is 4.79 Å². The van der Waals surface area contributed by atoms with Crippen molar-refractivity contribution in [3.8, 4) is 6.07 Å². The summed E-state index contributed by atoms with van der Waals surface area (Å²) in [7, 11) is 0. The highest BCUT2D eigenvalue weighted by molar-refractivity contribution is 8.00. The summed E-state index contributed by atoms with van der Waals surface area (Å²) in [6.45, 7) is 6.05. The molecule has 0 aliphatic carbocycles. The van der Waals surface area contributed by atoms with Crippen molar-refractivity contribution >= 4 is 34.3 Å². The summed E-state index contributed by atoms with van der Waals surface area (Å²) in [6.07, 6.45) is 0. The van der Waals surface area contributed by atoms with E-state index >= 15 is 0 Å². The number of benzene rings is 2. The maximum atomic E-state index is 12.3. The number of carbonyl (C=O) groups excluding carboxylic acids is 1. The van der Waals surface area contributed by atoms with Gasteiger partial charge in [0.15, 0.2) is 0 Å². The van der Waals surface area contributed by atoms with Crippen LogP contribution in [0.3, 0.4) is 0 Å². The monoisotopic (exact) mass is 361 g/mol. The van der Waals surface area contributed by atoms with E-state index < -0.39 is 0 Å². The Hall–Kier alpha value is -2.84. The first kappa shape index (κ1) is 18.0. The van der Waals surface area contributed by atoms with Gasteiger partial charge in [0.05, 0.1) is 16.8 Å². The van der Waals surface area contributed by atoms with E-state index in [1.807, 2.05) is 63.2 Å². The number of nitriles is 1. The first-order valence-electron chi connectivity index (χ1n) is 8.27. The maximum absolute atomic E-state index is 12.3. The number of nitrogens with one attached hydrogen (secondary N) is 1. The number of pyridine rings is 1. The predicted molar refractivity (Wildman–Crippen MR) is 106 cm³/mol.